The largest absolute Gasteiger partial charge is 0.493 e. The van der Waals surface area contributed by atoms with E-state index in [4.69, 9.17) is 4.74 Å². The van der Waals surface area contributed by atoms with Gasteiger partial charge in [-0.1, -0.05) is 12.1 Å². The van der Waals surface area contributed by atoms with Crippen LogP contribution >= 0.6 is 0 Å². The van der Waals surface area contributed by atoms with Crippen molar-refractivity contribution in [1.82, 2.24) is 14.1 Å². The number of halogens is 3. The lowest BCUT2D eigenvalue weighted by Crippen LogP contribution is -2.22. The van der Waals surface area contributed by atoms with Gasteiger partial charge in [-0.25, -0.2) is 17.4 Å². The number of rotatable bonds is 6. The van der Waals surface area contributed by atoms with Crippen molar-refractivity contribution in [2.45, 2.75) is 11.1 Å². The maximum Gasteiger partial charge on any atom is 0.416 e. The van der Waals surface area contributed by atoms with E-state index in [1.807, 2.05) is 0 Å². The Labute approximate surface area is 182 Å². The monoisotopic (exact) mass is 468 g/mol. The average molecular weight is 468 g/mol. The fourth-order valence-corrected chi connectivity index (χ4v) is 3.71. The van der Waals surface area contributed by atoms with Crippen LogP contribution in [0.2, 0.25) is 0 Å². The van der Waals surface area contributed by atoms with E-state index in [9.17, 15) is 26.4 Å². The lowest BCUT2D eigenvalue weighted by molar-refractivity contribution is -0.137. The summed E-state index contributed by atoms with van der Waals surface area (Å²) >= 11 is 0. The topological polar surface area (TPSA) is 93.5 Å². The number of nitrogens with zero attached hydrogens (tertiary/aromatic N) is 3. The SMILES string of the molecule is COc1cn(-c2cccc(C(F)(F)F)c2)nc1C(=O)Nc1cccc(S(=O)(=O)N(C)C)c1. The van der Waals surface area contributed by atoms with Gasteiger partial charge in [-0.2, -0.15) is 18.3 Å². The van der Waals surface area contributed by atoms with E-state index in [0.717, 1.165) is 21.1 Å². The summed E-state index contributed by atoms with van der Waals surface area (Å²) in [5, 5.41) is 6.58. The Morgan fingerprint density at radius 2 is 1.81 bits per heavy atom. The highest BCUT2D eigenvalue weighted by molar-refractivity contribution is 7.89. The second kappa shape index (κ2) is 8.63. The van der Waals surface area contributed by atoms with Crippen molar-refractivity contribution in [3.8, 4) is 11.4 Å². The van der Waals surface area contributed by atoms with Crippen LogP contribution in [0.4, 0.5) is 18.9 Å². The molecular weight excluding hydrogens is 449 g/mol. The highest BCUT2D eigenvalue weighted by atomic mass is 32.2. The number of sulfonamides is 1. The summed E-state index contributed by atoms with van der Waals surface area (Å²) in [4.78, 5) is 12.7. The van der Waals surface area contributed by atoms with Crippen molar-refractivity contribution >= 4 is 21.6 Å². The number of carbonyl (C=O) groups excluding carboxylic acids is 1. The minimum absolute atomic E-state index is 0.0250. The number of anilines is 1. The van der Waals surface area contributed by atoms with Gasteiger partial charge < -0.3 is 10.1 Å². The Kier molecular flexibility index (Phi) is 6.28. The first-order valence-corrected chi connectivity index (χ1v) is 10.5. The molecule has 1 aromatic heterocycles. The molecule has 1 N–H and O–H groups in total. The summed E-state index contributed by atoms with van der Waals surface area (Å²) in [6, 6.07) is 10.1. The third kappa shape index (κ3) is 4.75. The molecule has 3 rings (SSSR count). The second-order valence-electron chi connectivity index (χ2n) is 6.81. The van der Waals surface area contributed by atoms with Gasteiger partial charge in [0.05, 0.1) is 29.5 Å². The highest BCUT2D eigenvalue weighted by Crippen LogP contribution is 2.31. The molecule has 3 aromatic rings. The molecule has 1 heterocycles. The number of hydrogen-bond donors (Lipinski definition) is 1. The Balaban J connectivity index is 1.92. The molecule has 0 saturated heterocycles. The molecule has 0 radical (unpaired) electrons. The standard InChI is InChI=1S/C20H19F3N4O4S/c1-26(2)32(29,30)16-9-5-7-14(11-16)24-19(28)18-17(31-3)12-27(25-18)15-8-4-6-13(10-15)20(21,22)23/h4-12H,1-3H3,(H,24,28). The van der Waals surface area contributed by atoms with Crippen LogP contribution in [0.25, 0.3) is 5.69 Å². The summed E-state index contributed by atoms with van der Waals surface area (Å²) in [5.41, 5.74) is -0.787. The molecule has 8 nitrogen and oxygen atoms in total. The van der Waals surface area contributed by atoms with Crippen LogP contribution < -0.4 is 10.1 Å². The van der Waals surface area contributed by atoms with Gasteiger partial charge in [-0.05, 0) is 36.4 Å². The molecule has 170 valence electrons. The molecule has 0 unspecified atom stereocenters. The summed E-state index contributed by atoms with van der Waals surface area (Å²) in [6.45, 7) is 0. The molecular formula is C20H19F3N4O4S. The van der Waals surface area contributed by atoms with E-state index in [1.165, 1.54) is 63.8 Å². The van der Waals surface area contributed by atoms with Crippen LogP contribution in [-0.2, 0) is 16.2 Å². The summed E-state index contributed by atoms with van der Waals surface area (Å²) in [7, 11) is 0.333. The number of benzene rings is 2. The van der Waals surface area contributed by atoms with Crippen LogP contribution in [0.1, 0.15) is 16.1 Å². The zero-order chi connectivity index (χ0) is 23.7. The molecule has 0 fully saturated rings. The molecule has 0 aliphatic carbocycles. The first-order valence-electron chi connectivity index (χ1n) is 9.08. The number of carbonyl (C=O) groups is 1. The third-order valence-corrected chi connectivity index (χ3v) is 6.24. The minimum Gasteiger partial charge on any atom is -0.493 e. The van der Waals surface area contributed by atoms with Crippen molar-refractivity contribution in [2.24, 2.45) is 0 Å². The van der Waals surface area contributed by atoms with E-state index in [1.54, 1.807) is 0 Å². The van der Waals surface area contributed by atoms with Gasteiger partial charge in [0, 0.05) is 19.8 Å². The van der Waals surface area contributed by atoms with Crippen molar-refractivity contribution in [3.05, 3.63) is 66.0 Å². The van der Waals surface area contributed by atoms with E-state index in [0.29, 0.717) is 0 Å². The number of ether oxygens (including phenoxy) is 1. The van der Waals surface area contributed by atoms with Gasteiger partial charge in [0.2, 0.25) is 10.0 Å². The first-order chi connectivity index (χ1) is 14.9. The molecule has 32 heavy (non-hydrogen) atoms. The Morgan fingerprint density at radius 1 is 1.12 bits per heavy atom. The van der Waals surface area contributed by atoms with E-state index in [-0.39, 0.29) is 27.7 Å². The average Bonchev–Trinajstić information content (AvgIpc) is 3.18. The van der Waals surface area contributed by atoms with Gasteiger partial charge >= 0.3 is 6.18 Å². The third-order valence-electron chi connectivity index (χ3n) is 4.42. The van der Waals surface area contributed by atoms with Crippen molar-refractivity contribution in [2.75, 3.05) is 26.5 Å². The minimum atomic E-state index is -4.54. The maximum atomic E-state index is 13.0. The van der Waals surface area contributed by atoms with Gasteiger partial charge in [-0.15, -0.1) is 0 Å². The summed E-state index contributed by atoms with van der Waals surface area (Å²) in [6.07, 6.45) is -3.26. The summed E-state index contributed by atoms with van der Waals surface area (Å²) < 4.78 is 70.9. The van der Waals surface area contributed by atoms with E-state index >= 15 is 0 Å². The molecule has 0 spiro atoms. The number of amides is 1. The molecule has 2 aromatic carbocycles. The second-order valence-corrected chi connectivity index (χ2v) is 8.96. The van der Waals surface area contributed by atoms with E-state index in [2.05, 4.69) is 10.4 Å². The quantitative estimate of drug-likeness (QED) is 0.599. The van der Waals surface area contributed by atoms with Crippen molar-refractivity contribution in [3.63, 3.8) is 0 Å². The smallest absolute Gasteiger partial charge is 0.416 e. The van der Waals surface area contributed by atoms with Crippen molar-refractivity contribution < 1.29 is 31.1 Å². The Morgan fingerprint density at radius 3 is 2.44 bits per heavy atom. The fourth-order valence-electron chi connectivity index (χ4n) is 2.76. The number of hydrogen-bond acceptors (Lipinski definition) is 5. The molecule has 0 aliphatic heterocycles. The molecule has 1 amide bonds. The maximum absolute atomic E-state index is 13.0. The Hall–Kier alpha value is -3.38. The van der Waals surface area contributed by atoms with Crippen LogP contribution in [-0.4, -0.2) is 49.6 Å². The molecule has 12 heteroatoms. The fraction of sp³-hybridized carbons (Fsp3) is 0.200. The van der Waals surface area contributed by atoms with Crippen molar-refractivity contribution in [1.29, 1.82) is 0 Å². The van der Waals surface area contributed by atoms with Gasteiger partial charge in [0.1, 0.15) is 0 Å². The number of nitrogens with one attached hydrogen (secondary N) is 1. The molecule has 0 atom stereocenters. The normalized spacial score (nSPS) is 12.1. The predicted octanol–water partition coefficient (Wildman–Crippen LogP) is 3.40. The molecule has 0 bridgehead atoms. The van der Waals surface area contributed by atoms with Crippen LogP contribution in [0.5, 0.6) is 5.75 Å². The number of methoxy groups -OCH3 is 1. The van der Waals surface area contributed by atoms with E-state index < -0.39 is 27.7 Å². The highest BCUT2D eigenvalue weighted by Gasteiger charge is 2.31. The van der Waals surface area contributed by atoms with Crippen LogP contribution in [0.3, 0.4) is 0 Å². The van der Waals surface area contributed by atoms with Crippen LogP contribution in [0, 0.1) is 0 Å². The molecule has 0 aliphatic rings. The number of aromatic nitrogens is 2. The lowest BCUT2D eigenvalue weighted by Gasteiger charge is -2.12. The first kappa shape index (κ1) is 23.3. The summed E-state index contributed by atoms with van der Waals surface area (Å²) in [5.74, 6) is -0.705. The van der Waals surface area contributed by atoms with Gasteiger partial charge in [-0.3, -0.25) is 4.79 Å². The zero-order valence-corrected chi connectivity index (χ0v) is 18.0. The number of alkyl halides is 3. The zero-order valence-electron chi connectivity index (χ0n) is 17.2. The van der Waals surface area contributed by atoms with Gasteiger partial charge in [0.25, 0.3) is 5.91 Å². The Bertz CT molecular complexity index is 1250. The van der Waals surface area contributed by atoms with Gasteiger partial charge in [0.15, 0.2) is 11.4 Å². The predicted molar refractivity (Wildman–Crippen MR) is 110 cm³/mol. The molecule has 0 saturated carbocycles. The van der Waals surface area contributed by atoms with Crippen LogP contribution in [0.15, 0.2) is 59.6 Å². The lowest BCUT2D eigenvalue weighted by atomic mass is 10.2.